The van der Waals surface area contributed by atoms with Gasteiger partial charge in [0.2, 0.25) is 11.8 Å². The lowest BCUT2D eigenvalue weighted by Gasteiger charge is -2.28. The quantitative estimate of drug-likeness (QED) is 0.0385. The highest BCUT2D eigenvalue weighted by atomic mass is 17.2. The number of unbranched alkanes of at least 4 members (excludes halogenated alkanes) is 20. The Morgan fingerprint density at radius 2 is 0.953 bits per heavy atom. The Labute approximate surface area is 259 Å². The minimum Gasteiger partial charge on any atom is -0.391 e. The van der Waals surface area contributed by atoms with Crippen LogP contribution in [0.4, 0.5) is 0 Å². The van der Waals surface area contributed by atoms with Gasteiger partial charge in [0.25, 0.3) is 5.91 Å². The maximum atomic E-state index is 12.4. The molecule has 0 saturated heterocycles. The summed E-state index contributed by atoms with van der Waals surface area (Å²) in [6, 6.07) is 0. The molecule has 0 aromatic heterocycles. The van der Waals surface area contributed by atoms with Gasteiger partial charge in [0.05, 0.1) is 6.10 Å². The topological polar surface area (TPSA) is 177 Å². The summed E-state index contributed by atoms with van der Waals surface area (Å²) in [5.41, 5.74) is 1.91. The molecule has 6 N–H and O–H groups in total. The molecule has 0 heterocycles. The van der Waals surface area contributed by atoms with Gasteiger partial charge in [0.1, 0.15) is 12.2 Å². The van der Waals surface area contributed by atoms with Crippen LogP contribution in [0.2, 0.25) is 0 Å². The van der Waals surface area contributed by atoms with E-state index in [1.807, 2.05) is 5.48 Å². The molecule has 0 aliphatic carbocycles. The third kappa shape index (κ3) is 22.5. The van der Waals surface area contributed by atoms with Crippen molar-refractivity contribution in [1.29, 1.82) is 0 Å². The molecule has 0 unspecified atom stereocenters. The molecule has 254 valence electrons. The molecule has 0 bridgehead atoms. The Bertz CT molecular complexity index is 708. The van der Waals surface area contributed by atoms with Gasteiger partial charge in [0, 0.05) is 19.9 Å². The Hall–Kier alpha value is -1.63. The van der Waals surface area contributed by atoms with E-state index in [0.29, 0.717) is 12.8 Å². The van der Waals surface area contributed by atoms with Crippen LogP contribution in [0.25, 0.3) is 0 Å². The zero-order valence-electron chi connectivity index (χ0n) is 26.9. The molecule has 0 aliphatic rings. The number of aliphatic hydroxyl groups excluding tert-OH is 4. The molecule has 43 heavy (non-hydrogen) atoms. The standard InChI is InChI=1S/C32H62N2O9/c1-26(35)29(38)30(39)31(40)32(41)34(27(2)36)25-23-21-19-17-15-13-11-9-7-5-3-4-6-8-10-12-14-16-18-20-22-24-28(37)33-43-42/h26,29-31,35,38-40,42H,3-25H2,1-2H3,(H,33,37)/t26-,29-,30+,31-/m1/s1. The number of imide groups is 1. The zero-order chi connectivity index (χ0) is 32.3. The van der Waals surface area contributed by atoms with Crippen LogP contribution in [0.3, 0.4) is 0 Å². The van der Waals surface area contributed by atoms with Gasteiger partial charge in [-0.15, -0.1) is 4.99 Å². The normalized spacial score (nSPS) is 14.2. The van der Waals surface area contributed by atoms with Crippen molar-refractivity contribution in [3.05, 3.63) is 0 Å². The summed E-state index contributed by atoms with van der Waals surface area (Å²) in [7, 11) is 0. The first kappa shape index (κ1) is 41.4. The fourth-order valence-corrected chi connectivity index (χ4v) is 5.22. The molecular weight excluding hydrogens is 556 g/mol. The van der Waals surface area contributed by atoms with E-state index in [0.717, 1.165) is 43.4 Å². The second-order valence-corrected chi connectivity index (χ2v) is 12.0. The Morgan fingerprint density at radius 3 is 1.28 bits per heavy atom. The average Bonchev–Trinajstić information content (AvgIpc) is 2.97. The summed E-state index contributed by atoms with van der Waals surface area (Å²) in [4.78, 5) is 39.9. The van der Waals surface area contributed by atoms with Crippen LogP contribution < -0.4 is 5.48 Å². The van der Waals surface area contributed by atoms with Crippen molar-refractivity contribution in [2.45, 2.75) is 180 Å². The molecular formula is C32H62N2O9. The molecule has 0 aromatic rings. The smallest absolute Gasteiger partial charge is 0.260 e. The number of carbonyl (C=O) groups is 3. The van der Waals surface area contributed by atoms with Gasteiger partial charge in [-0.2, -0.15) is 0 Å². The van der Waals surface area contributed by atoms with Crippen LogP contribution in [0.15, 0.2) is 0 Å². The Morgan fingerprint density at radius 1 is 0.605 bits per heavy atom. The Balaban J connectivity index is 3.55. The highest BCUT2D eigenvalue weighted by Crippen LogP contribution is 2.16. The SMILES string of the molecule is CC(=O)N(CCCCCCCCCCCCCCCCCCCCCCCC(=O)NOO)C(=O)[C@H](O)[C@@H](O)[C@H](O)[C@@H](C)O. The highest BCUT2D eigenvalue weighted by molar-refractivity contribution is 5.96. The first-order valence-corrected chi connectivity index (χ1v) is 16.8. The van der Waals surface area contributed by atoms with Gasteiger partial charge >= 0.3 is 0 Å². The third-order valence-corrected chi connectivity index (χ3v) is 8.01. The number of hydroxylamine groups is 1. The number of nitrogens with zero attached hydrogens (tertiary/aromatic N) is 1. The van der Waals surface area contributed by atoms with Crippen LogP contribution in [0, 0.1) is 0 Å². The van der Waals surface area contributed by atoms with E-state index in [2.05, 4.69) is 4.99 Å². The molecule has 0 saturated carbocycles. The van der Waals surface area contributed by atoms with Gasteiger partial charge in [-0.1, -0.05) is 122 Å². The van der Waals surface area contributed by atoms with Gasteiger partial charge in [-0.3, -0.25) is 19.3 Å². The van der Waals surface area contributed by atoms with Crippen molar-refractivity contribution in [2.75, 3.05) is 6.54 Å². The third-order valence-electron chi connectivity index (χ3n) is 8.01. The predicted molar refractivity (Wildman–Crippen MR) is 166 cm³/mol. The fraction of sp³-hybridized carbons (Fsp3) is 0.906. The summed E-state index contributed by atoms with van der Waals surface area (Å²) >= 11 is 0. The first-order valence-electron chi connectivity index (χ1n) is 16.8. The molecule has 0 radical (unpaired) electrons. The summed E-state index contributed by atoms with van der Waals surface area (Å²) < 4.78 is 0. The van der Waals surface area contributed by atoms with Crippen molar-refractivity contribution < 1.29 is 45.1 Å². The lowest BCUT2D eigenvalue weighted by Crippen LogP contribution is -2.52. The van der Waals surface area contributed by atoms with E-state index >= 15 is 0 Å². The van der Waals surface area contributed by atoms with Gasteiger partial charge < -0.3 is 20.4 Å². The minimum absolute atomic E-state index is 0.150. The highest BCUT2D eigenvalue weighted by Gasteiger charge is 2.36. The molecule has 4 atom stereocenters. The molecule has 0 fully saturated rings. The number of aliphatic hydroxyl groups is 4. The van der Waals surface area contributed by atoms with Crippen molar-refractivity contribution in [3.63, 3.8) is 0 Å². The van der Waals surface area contributed by atoms with Gasteiger partial charge in [0.15, 0.2) is 6.10 Å². The van der Waals surface area contributed by atoms with Crippen molar-refractivity contribution in [3.8, 4) is 0 Å². The number of hydrogen-bond acceptors (Lipinski definition) is 9. The predicted octanol–water partition coefficient (Wildman–Crippen LogP) is 4.93. The zero-order valence-corrected chi connectivity index (χ0v) is 26.9. The van der Waals surface area contributed by atoms with E-state index in [9.17, 15) is 34.8 Å². The van der Waals surface area contributed by atoms with E-state index in [-0.39, 0.29) is 12.5 Å². The molecule has 0 aromatic carbocycles. The molecule has 0 rings (SSSR count). The van der Waals surface area contributed by atoms with E-state index in [4.69, 9.17) is 5.26 Å². The number of nitrogens with one attached hydrogen (secondary N) is 1. The van der Waals surface area contributed by atoms with Crippen molar-refractivity contribution in [1.82, 2.24) is 10.4 Å². The summed E-state index contributed by atoms with van der Waals surface area (Å²) in [5.74, 6) is -1.77. The van der Waals surface area contributed by atoms with Crippen LogP contribution in [-0.2, 0) is 19.4 Å². The average molecular weight is 619 g/mol. The van der Waals surface area contributed by atoms with Crippen LogP contribution in [0.5, 0.6) is 0 Å². The lowest BCUT2D eigenvalue weighted by atomic mass is 10.0. The monoisotopic (exact) mass is 618 g/mol. The van der Waals surface area contributed by atoms with E-state index in [1.165, 1.54) is 104 Å². The second kappa shape index (κ2) is 27.9. The molecule has 11 heteroatoms. The maximum absolute atomic E-state index is 12.4. The molecule has 11 nitrogen and oxygen atoms in total. The largest absolute Gasteiger partial charge is 0.391 e. The molecule has 0 aliphatic heterocycles. The maximum Gasteiger partial charge on any atom is 0.260 e. The molecule has 3 amide bonds. The number of carbonyl (C=O) groups excluding carboxylic acids is 3. The summed E-state index contributed by atoms with van der Waals surface area (Å²) in [6.45, 7) is 2.61. The van der Waals surface area contributed by atoms with E-state index in [1.54, 1.807) is 0 Å². The van der Waals surface area contributed by atoms with Gasteiger partial charge in [-0.05, 0) is 19.8 Å². The van der Waals surface area contributed by atoms with Gasteiger partial charge in [-0.25, -0.2) is 10.7 Å². The van der Waals surface area contributed by atoms with Crippen molar-refractivity contribution in [2.24, 2.45) is 0 Å². The summed E-state index contributed by atoms with van der Waals surface area (Å²) in [5, 5.41) is 47.1. The van der Waals surface area contributed by atoms with Crippen molar-refractivity contribution >= 4 is 17.7 Å². The lowest BCUT2D eigenvalue weighted by molar-refractivity contribution is -0.284. The first-order chi connectivity index (χ1) is 20.6. The fourth-order valence-electron chi connectivity index (χ4n) is 5.22. The van der Waals surface area contributed by atoms with Crippen LogP contribution in [-0.4, -0.2) is 79.3 Å². The minimum atomic E-state index is -1.98. The Kier molecular flexibility index (Phi) is 26.8. The number of hydrogen-bond donors (Lipinski definition) is 6. The van der Waals surface area contributed by atoms with E-state index < -0.39 is 36.2 Å². The second-order valence-electron chi connectivity index (χ2n) is 12.0. The van der Waals surface area contributed by atoms with Crippen LogP contribution in [0.1, 0.15) is 155 Å². The van der Waals surface area contributed by atoms with Crippen LogP contribution >= 0.6 is 0 Å². The summed E-state index contributed by atoms with van der Waals surface area (Å²) in [6.07, 6.45) is 18.1. The molecule has 0 spiro atoms. The number of amides is 3. The number of rotatable bonds is 29.